The van der Waals surface area contributed by atoms with E-state index < -0.39 is 23.1 Å². The molecule has 0 N–H and O–H groups in total. The molecule has 0 fully saturated rings. The van der Waals surface area contributed by atoms with Gasteiger partial charge in [0.15, 0.2) is 0 Å². The van der Waals surface area contributed by atoms with Crippen molar-refractivity contribution in [2.75, 3.05) is 0 Å². The standard InChI is InChI=1S/C13H10ClF3N2O2/c1-7-5-8(3-4-9(7)14)19-11(20)6-10(13(15,16)17)18(2)12(19)21/h3-6H,1-2H3. The Morgan fingerprint density at radius 1 is 1.14 bits per heavy atom. The van der Waals surface area contributed by atoms with Crippen molar-refractivity contribution < 1.29 is 13.2 Å². The van der Waals surface area contributed by atoms with E-state index in [1.807, 2.05) is 0 Å². The van der Waals surface area contributed by atoms with E-state index in [0.717, 1.165) is 7.05 Å². The molecular formula is C13H10ClF3N2O2. The Morgan fingerprint density at radius 3 is 2.29 bits per heavy atom. The summed E-state index contributed by atoms with van der Waals surface area (Å²) in [5.74, 6) is 0. The van der Waals surface area contributed by atoms with Crippen LogP contribution < -0.4 is 11.2 Å². The lowest BCUT2D eigenvalue weighted by Gasteiger charge is -2.14. The summed E-state index contributed by atoms with van der Waals surface area (Å²) in [7, 11) is 0.962. The van der Waals surface area contributed by atoms with Crippen molar-refractivity contribution in [2.45, 2.75) is 13.1 Å². The molecule has 0 radical (unpaired) electrons. The van der Waals surface area contributed by atoms with Gasteiger partial charge < -0.3 is 0 Å². The lowest BCUT2D eigenvalue weighted by Crippen LogP contribution is -2.40. The first kappa shape index (κ1) is 15.4. The lowest BCUT2D eigenvalue weighted by atomic mass is 10.2. The van der Waals surface area contributed by atoms with Crippen LogP contribution in [0.15, 0.2) is 33.9 Å². The molecule has 4 nitrogen and oxygen atoms in total. The third-order valence-electron chi connectivity index (χ3n) is 3.01. The quantitative estimate of drug-likeness (QED) is 0.811. The van der Waals surface area contributed by atoms with Gasteiger partial charge in [-0.3, -0.25) is 9.36 Å². The van der Waals surface area contributed by atoms with Crippen molar-refractivity contribution in [3.05, 3.63) is 61.4 Å². The molecule has 1 heterocycles. The molecule has 0 aliphatic rings. The molecule has 0 atom stereocenters. The van der Waals surface area contributed by atoms with E-state index in [0.29, 0.717) is 25.8 Å². The Bertz CT molecular complexity index is 822. The normalized spacial score (nSPS) is 11.7. The van der Waals surface area contributed by atoms with Gasteiger partial charge in [0.1, 0.15) is 5.69 Å². The number of aromatic nitrogens is 2. The average molecular weight is 319 g/mol. The minimum absolute atomic E-state index is 0.163. The molecule has 2 rings (SSSR count). The summed E-state index contributed by atoms with van der Waals surface area (Å²) in [6.45, 7) is 1.66. The molecule has 21 heavy (non-hydrogen) atoms. The van der Waals surface area contributed by atoms with Crippen molar-refractivity contribution in [3.63, 3.8) is 0 Å². The summed E-state index contributed by atoms with van der Waals surface area (Å²) in [6.07, 6.45) is -4.78. The van der Waals surface area contributed by atoms with E-state index in [-0.39, 0.29) is 5.69 Å². The summed E-state index contributed by atoms with van der Waals surface area (Å²) in [5, 5.41) is 0.426. The van der Waals surface area contributed by atoms with Crippen LogP contribution in [0.3, 0.4) is 0 Å². The van der Waals surface area contributed by atoms with Gasteiger partial charge in [-0.2, -0.15) is 13.2 Å². The van der Waals surface area contributed by atoms with Crippen molar-refractivity contribution in [3.8, 4) is 5.69 Å². The van der Waals surface area contributed by atoms with Crippen LogP contribution in [0.4, 0.5) is 13.2 Å². The number of rotatable bonds is 1. The van der Waals surface area contributed by atoms with E-state index in [9.17, 15) is 22.8 Å². The van der Waals surface area contributed by atoms with Crippen LogP contribution in [0.1, 0.15) is 11.3 Å². The highest BCUT2D eigenvalue weighted by molar-refractivity contribution is 6.31. The van der Waals surface area contributed by atoms with Gasteiger partial charge in [-0.25, -0.2) is 9.36 Å². The smallest absolute Gasteiger partial charge is 0.292 e. The maximum absolute atomic E-state index is 12.7. The van der Waals surface area contributed by atoms with Gasteiger partial charge in [-0.15, -0.1) is 0 Å². The molecule has 0 saturated heterocycles. The molecule has 0 aliphatic carbocycles. The van der Waals surface area contributed by atoms with Gasteiger partial charge in [0.25, 0.3) is 5.56 Å². The van der Waals surface area contributed by atoms with Crippen LogP contribution in [0.25, 0.3) is 5.69 Å². The van der Waals surface area contributed by atoms with Gasteiger partial charge in [0.05, 0.1) is 5.69 Å². The molecule has 0 unspecified atom stereocenters. The number of nitrogens with zero attached hydrogens (tertiary/aromatic N) is 2. The number of halogens is 4. The van der Waals surface area contributed by atoms with Crippen LogP contribution >= 0.6 is 11.6 Å². The Labute approximate surface area is 122 Å². The number of alkyl halides is 3. The molecule has 0 saturated carbocycles. The Balaban J connectivity index is 2.78. The lowest BCUT2D eigenvalue weighted by molar-refractivity contribution is -0.144. The predicted octanol–water partition coefficient (Wildman–Crippen LogP) is 2.52. The zero-order chi connectivity index (χ0) is 15.9. The van der Waals surface area contributed by atoms with Crippen LogP contribution in [-0.4, -0.2) is 9.13 Å². The van der Waals surface area contributed by atoms with Crippen LogP contribution in [0.2, 0.25) is 5.02 Å². The third kappa shape index (κ3) is 2.73. The molecule has 0 spiro atoms. The van der Waals surface area contributed by atoms with Crippen molar-refractivity contribution in [2.24, 2.45) is 7.05 Å². The number of hydrogen-bond acceptors (Lipinski definition) is 2. The van der Waals surface area contributed by atoms with E-state index in [1.165, 1.54) is 18.2 Å². The maximum Gasteiger partial charge on any atom is 0.431 e. The van der Waals surface area contributed by atoms with Crippen molar-refractivity contribution >= 4 is 11.6 Å². The fourth-order valence-electron chi connectivity index (χ4n) is 1.90. The highest BCUT2D eigenvalue weighted by Crippen LogP contribution is 2.27. The van der Waals surface area contributed by atoms with Crippen LogP contribution in [0, 0.1) is 6.92 Å². The second-order valence-corrected chi connectivity index (χ2v) is 4.88. The molecule has 0 amide bonds. The summed E-state index contributed by atoms with van der Waals surface area (Å²) in [4.78, 5) is 23.9. The van der Waals surface area contributed by atoms with Gasteiger partial charge in [0.2, 0.25) is 0 Å². The third-order valence-corrected chi connectivity index (χ3v) is 3.43. The van der Waals surface area contributed by atoms with Gasteiger partial charge in [0, 0.05) is 18.1 Å². The SMILES string of the molecule is Cc1cc(-n2c(=O)cc(C(F)(F)F)n(C)c2=O)ccc1Cl. The monoisotopic (exact) mass is 318 g/mol. The topological polar surface area (TPSA) is 44.0 Å². The first-order chi connectivity index (χ1) is 9.62. The Morgan fingerprint density at radius 2 is 1.76 bits per heavy atom. The van der Waals surface area contributed by atoms with Crippen molar-refractivity contribution in [1.82, 2.24) is 9.13 Å². The van der Waals surface area contributed by atoms with E-state index >= 15 is 0 Å². The minimum atomic E-state index is -4.78. The second kappa shape index (κ2) is 5.07. The Hall–Kier alpha value is -2.02. The molecule has 1 aromatic heterocycles. The molecule has 0 aliphatic heterocycles. The Kier molecular flexibility index (Phi) is 3.71. The molecule has 2 aromatic rings. The fraction of sp³-hybridized carbons (Fsp3) is 0.231. The maximum atomic E-state index is 12.7. The largest absolute Gasteiger partial charge is 0.431 e. The van der Waals surface area contributed by atoms with Crippen LogP contribution in [0.5, 0.6) is 0 Å². The molecule has 1 aromatic carbocycles. The first-order valence-electron chi connectivity index (χ1n) is 5.79. The van der Waals surface area contributed by atoms with Gasteiger partial charge >= 0.3 is 11.9 Å². The zero-order valence-electron chi connectivity index (χ0n) is 11.0. The minimum Gasteiger partial charge on any atom is -0.292 e. The molecule has 8 heteroatoms. The highest BCUT2D eigenvalue weighted by atomic mass is 35.5. The van der Waals surface area contributed by atoms with E-state index in [4.69, 9.17) is 11.6 Å². The average Bonchev–Trinajstić information content (AvgIpc) is 2.37. The summed E-state index contributed by atoms with van der Waals surface area (Å²) >= 11 is 5.84. The van der Waals surface area contributed by atoms with Crippen LogP contribution in [-0.2, 0) is 13.2 Å². The summed E-state index contributed by atoms with van der Waals surface area (Å²) in [5.41, 5.74) is -2.65. The van der Waals surface area contributed by atoms with E-state index in [2.05, 4.69) is 0 Å². The first-order valence-corrected chi connectivity index (χ1v) is 6.17. The van der Waals surface area contributed by atoms with Gasteiger partial charge in [-0.05, 0) is 30.7 Å². The van der Waals surface area contributed by atoms with Gasteiger partial charge in [-0.1, -0.05) is 11.6 Å². The molecule has 112 valence electrons. The highest BCUT2D eigenvalue weighted by Gasteiger charge is 2.35. The number of aryl methyl sites for hydroxylation is 1. The second-order valence-electron chi connectivity index (χ2n) is 4.48. The number of benzene rings is 1. The fourth-order valence-corrected chi connectivity index (χ4v) is 2.02. The predicted molar refractivity (Wildman–Crippen MR) is 72.0 cm³/mol. The molecule has 0 bridgehead atoms. The zero-order valence-corrected chi connectivity index (χ0v) is 11.8. The number of hydrogen-bond donors (Lipinski definition) is 0. The molecular weight excluding hydrogens is 309 g/mol. The summed E-state index contributed by atoms with van der Waals surface area (Å²) < 4.78 is 39.3. The van der Waals surface area contributed by atoms with E-state index in [1.54, 1.807) is 6.92 Å². The van der Waals surface area contributed by atoms with Crippen molar-refractivity contribution in [1.29, 1.82) is 0 Å². The summed E-state index contributed by atoms with van der Waals surface area (Å²) in [6, 6.07) is 4.71.